The Labute approximate surface area is 559 Å². The van der Waals surface area contributed by atoms with E-state index in [-0.39, 0.29) is 19.4 Å². The molecule has 0 aromatic carbocycles. The molecule has 11 heteroatoms. The Morgan fingerprint density at radius 3 is 1.19 bits per heavy atom. The van der Waals surface area contributed by atoms with Gasteiger partial charge in [-0.25, -0.2) is 0 Å². The normalized spacial score (nSPS) is 18.4. The average molecular weight is 1280 g/mol. The van der Waals surface area contributed by atoms with Crippen molar-refractivity contribution in [2.24, 2.45) is 0 Å². The lowest BCUT2D eigenvalue weighted by Gasteiger charge is -2.41. The number of hydrogen-bond donors (Lipinski definition) is 6. The van der Waals surface area contributed by atoms with Crippen LogP contribution in [0, 0.1) is 0 Å². The lowest BCUT2D eigenvalue weighted by molar-refractivity contribution is -0.305. The predicted octanol–water partition coefficient (Wildman–Crippen LogP) is 20.4. The van der Waals surface area contributed by atoms with E-state index in [2.05, 4.69) is 99.0 Å². The lowest BCUT2D eigenvalue weighted by atomic mass is 9.99. The van der Waals surface area contributed by atoms with Crippen LogP contribution in [0.4, 0.5) is 0 Å². The number of nitrogens with one attached hydrogen (secondary N) is 1. The van der Waals surface area contributed by atoms with Crippen LogP contribution < -0.4 is 5.32 Å². The minimum Gasteiger partial charge on any atom is -0.454 e. The summed E-state index contributed by atoms with van der Waals surface area (Å²) in [7, 11) is 0. The second-order valence-corrected chi connectivity index (χ2v) is 26.4. The van der Waals surface area contributed by atoms with Crippen LogP contribution >= 0.6 is 0 Å². The lowest BCUT2D eigenvalue weighted by Crippen LogP contribution is -2.61. The number of rotatable bonds is 66. The number of aliphatic hydroxyl groups excluding tert-OH is 5. The minimum atomic E-state index is -1.62. The first-order chi connectivity index (χ1) is 44.7. The maximum Gasteiger partial charge on any atom is 0.306 e. The molecular formula is C80H143NO10. The highest BCUT2D eigenvalue weighted by atomic mass is 16.7. The number of aliphatic hydroxyl groups is 5. The highest BCUT2D eigenvalue weighted by Gasteiger charge is 2.47. The van der Waals surface area contributed by atoms with Crippen molar-refractivity contribution in [3.8, 4) is 0 Å². The molecule has 11 nitrogen and oxygen atoms in total. The molecule has 1 heterocycles. The van der Waals surface area contributed by atoms with E-state index in [1.165, 1.54) is 193 Å². The molecule has 6 N–H and O–H groups in total. The highest BCUT2D eigenvalue weighted by molar-refractivity contribution is 5.80. The maximum atomic E-state index is 13.5. The van der Waals surface area contributed by atoms with E-state index in [0.717, 1.165) is 109 Å². The maximum absolute atomic E-state index is 13.5. The van der Waals surface area contributed by atoms with E-state index >= 15 is 0 Å². The minimum absolute atomic E-state index is 0.123. The number of ether oxygens (including phenoxy) is 3. The molecule has 0 radical (unpaired) electrons. The van der Waals surface area contributed by atoms with Gasteiger partial charge in [-0.1, -0.05) is 350 Å². The Morgan fingerprint density at radius 2 is 0.791 bits per heavy atom. The van der Waals surface area contributed by atoms with Crippen molar-refractivity contribution in [1.29, 1.82) is 0 Å². The Bertz CT molecular complexity index is 1810. The fourth-order valence-corrected chi connectivity index (χ4v) is 11.8. The molecule has 8 unspecified atom stereocenters. The van der Waals surface area contributed by atoms with Gasteiger partial charge in [-0.3, -0.25) is 9.59 Å². The molecule has 0 saturated carbocycles. The number of carbonyl (C=O) groups excluding carboxylic acids is 2. The van der Waals surface area contributed by atoms with E-state index < -0.39 is 67.4 Å². The fourth-order valence-electron chi connectivity index (χ4n) is 11.8. The van der Waals surface area contributed by atoms with Gasteiger partial charge in [-0.05, 0) is 77.0 Å². The monoisotopic (exact) mass is 1280 g/mol. The van der Waals surface area contributed by atoms with Gasteiger partial charge in [0.1, 0.15) is 24.4 Å². The molecule has 0 bridgehead atoms. The Balaban J connectivity index is 2.56. The van der Waals surface area contributed by atoms with E-state index in [4.69, 9.17) is 14.2 Å². The van der Waals surface area contributed by atoms with Gasteiger partial charge in [0.2, 0.25) is 5.91 Å². The van der Waals surface area contributed by atoms with Gasteiger partial charge < -0.3 is 45.1 Å². The van der Waals surface area contributed by atoms with Crippen LogP contribution in [0.15, 0.2) is 85.1 Å². The van der Waals surface area contributed by atoms with Gasteiger partial charge >= 0.3 is 5.97 Å². The average Bonchev–Trinajstić information content (AvgIpc) is 1.00. The standard InChI is InChI=1S/C80H143NO10/c1-4-7-10-13-16-19-22-25-27-29-31-33-35-37-39-41-43-45-47-50-53-56-59-62-65-68-75(85)91-78-77(87)76(86)74(69-82)90-80(78)89-70-71(72(83)66-63-60-57-54-51-48-24-21-18-15-12-9-6-3)81-79(88)73(84)67-64-61-58-55-52-49-46-44-42-40-38-36-34-32-30-28-26-23-20-17-14-11-8-5-2/h8,11,17,20,26,28,32,34,38,40,44,46,63,66,71-74,76-78,80,82-84,86-87H,4-7,9-10,12-16,18-19,21-25,27,29-31,33,35-37,39,41-43,45,47-62,64-65,67-70H2,1-3H3,(H,81,88)/b11-8-,20-17-,28-26-,34-32-,40-38-,46-44-,66-63+. The third-order valence-electron chi connectivity index (χ3n) is 17.8. The molecular weight excluding hydrogens is 1130 g/mol. The molecule has 91 heavy (non-hydrogen) atoms. The van der Waals surface area contributed by atoms with Crippen molar-refractivity contribution in [3.05, 3.63) is 85.1 Å². The van der Waals surface area contributed by atoms with Crippen molar-refractivity contribution >= 4 is 11.9 Å². The highest BCUT2D eigenvalue weighted by Crippen LogP contribution is 2.27. The van der Waals surface area contributed by atoms with E-state index in [0.29, 0.717) is 12.8 Å². The van der Waals surface area contributed by atoms with Crippen LogP contribution in [0.3, 0.4) is 0 Å². The van der Waals surface area contributed by atoms with Crippen LogP contribution in [0.2, 0.25) is 0 Å². The number of allylic oxidation sites excluding steroid dienone is 13. The first-order valence-electron chi connectivity index (χ1n) is 38.4. The molecule has 1 rings (SSSR count). The molecule has 8 atom stereocenters. The summed E-state index contributed by atoms with van der Waals surface area (Å²) in [6.07, 6.45) is 79.1. The first kappa shape index (κ1) is 85.9. The predicted molar refractivity (Wildman–Crippen MR) is 384 cm³/mol. The van der Waals surface area contributed by atoms with Crippen molar-refractivity contribution in [2.45, 2.75) is 397 Å². The number of unbranched alkanes of at least 4 members (excludes halogenated alkanes) is 40. The largest absolute Gasteiger partial charge is 0.454 e. The van der Waals surface area contributed by atoms with Crippen LogP contribution in [0.25, 0.3) is 0 Å². The number of hydrogen-bond acceptors (Lipinski definition) is 10. The Kier molecular flexibility index (Phi) is 63.1. The molecule has 0 aromatic heterocycles. The van der Waals surface area contributed by atoms with Crippen LogP contribution in [0.5, 0.6) is 0 Å². The third-order valence-corrected chi connectivity index (χ3v) is 17.8. The summed E-state index contributed by atoms with van der Waals surface area (Å²) < 4.78 is 17.7. The van der Waals surface area contributed by atoms with Crippen molar-refractivity contribution in [1.82, 2.24) is 5.32 Å². The zero-order chi connectivity index (χ0) is 66.0. The van der Waals surface area contributed by atoms with Crippen LogP contribution in [0.1, 0.15) is 348 Å². The summed E-state index contributed by atoms with van der Waals surface area (Å²) in [5, 5.41) is 57.4. The zero-order valence-electron chi connectivity index (χ0n) is 59.0. The molecule has 1 saturated heterocycles. The third kappa shape index (κ3) is 53.7. The Morgan fingerprint density at radius 1 is 0.440 bits per heavy atom. The van der Waals surface area contributed by atoms with Crippen LogP contribution in [-0.2, 0) is 23.8 Å². The second-order valence-electron chi connectivity index (χ2n) is 26.4. The molecule has 1 fully saturated rings. The zero-order valence-corrected chi connectivity index (χ0v) is 59.0. The van der Waals surface area contributed by atoms with Gasteiger partial charge in [-0.15, -0.1) is 0 Å². The summed E-state index contributed by atoms with van der Waals surface area (Å²) in [5.41, 5.74) is 0. The summed E-state index contributed by atoms with van der Waals surface area (Å²) in [4.78, 5) is 26.8. The van der Waals surface area contributed by atoms with Crippen molar-refractivity contribution in [3.63, 3.8) is 0 Å². The second kappa shape index (κ2) is 66.8. The molecule has 0 spiro atoms. The quantitative estimate of drug-likeness (QED) is 0.0195. The molecule has 0 aromatic rings. The van der Waals surface area contributed by atoms with Gasteiger partial charge in [-0.2, -0.15) is 0 Å². The topological polar surface area (TPSA) is 175 Å². The van der Waals surface area contributed by atoms with E-state index in [9.17, 15) is 35.1 Å². The van der Waals surface area contributed by atoms with Gasteiger partial charge in [0, 0.05) is 6.42 Å². The summed E-state index contributed by atoms with van der Waals surface area (Å²) in [6.45, 7) is 5.72. The van der Waals surface area contributed by atoms with Crippen molar-refractivity contribution in [2.75, 3.05) is 13.2 Å². The molecule has 528 valence electrons. The summed E-state index contributed by atoms with van der Waals surface area (Å²) >= 11 is 0. The number of carbonyl (C=O) groups is 2. The Hall–Kier alpha value is -3.16. The summed E-state index contributed by atoms with van der Waals surface area (Å²) in [5.74, 6) is -1.20. The SMILES string of the molecule is CC/C=C\C/C=C\C/C=C\C/C=C\C/C=C\C/C=C\CCCCCCCC(O)C(=O)NC(COC1OC(CO)C(O)C(O)C1OC(=O)CCCCCCCCCCCCCCCCCCCCCCCCCCC)C(O)/C=C/CCCCCCCCCCCCC. The van der Waals surface area contributed by atoms with Gasteiger partial charge in [0.25, 0.3) is 0 Å². The van der Waals surface area contributed by atoms with Crippen LogP contribution in [-0.4, -0.2) is 99.6 Å². The number of esters is 1. The van der Waals surface area contributed by atoms with E-state index in [1.807, 2.05) is 6.08 Å². The molecule has 1 amide bonds. The van der Waals surface area contributed by atoms with E-state index in [1.54, 1.807) is 6.08 Å². The van der Waals surface area contributed by atoms with Gasteiger partial charge in [0.05, 0.1) is 25.4 Å². The fraction of sp³-hybridized carbons (Fsp3) is 0.800. The van der Waals surface area contributed by atoms with Crippen molar-refractivity contribution < 1.29 is 49.3 Å². The summed E-state index contributed by atoms with van der Waals surface area (Å²) in [6, 6.07) is -1.04. The first-order valence-corrected chi connectivity index (χ1v) is 38.4. The number of amides is 1. The smallest absolute Gasteiger partial charge is 0.306 e. The molecule has 1 aliphatic heterocycles. The molecule has 1 aliphatic rings. The van der Waals surface area contributed by atoms with Gasteiger partial charge in [0.15, 0.2) is 12.4 Å². The molecule has 0 aliphatic carbocycles.